The fraction of sp³-hybridized carbons (Fsp3) is 0.611. The van der Waals surface area contributed by atoms with Crippen molar-refractivity contribution in [2.45, 2.75) is 26.4 Å². The second-order valence-corrected chi connectivity index (χ2v) is 6.25. The summed E-state index contributed by atoms with van der Waals surface area (Å²) in [5, 5.41) is 6.65. The van der Waals surface area contributed by atoms with Gasteiger partial charge in [-0.2, -0.15) is 0 Å². The summed E-state index contributed by atoms with van der Waals surface area (Å²) < 4.78 is 12.9. The third-order valence-corrected chi connectivity index (χ3v) is 4.64. The lowest BCUT2D eigenvalue weighted by Crippen LogP contribution is -2.53. The first-order valence-corrected chi connectivity index (χ1v) is 8.77. The van der Waals surface area contributed by atoms with Crippen LogP contribution >= 0.6 is 24.0 Å². The summed E-state index contributed by atoms with van der Waals surface area (Å²) in [5.41, 5.74) is 1.03. The Morgan fingerprint density at radius 2 is 1.80 bits per heavy atom. The van der Waals surface area contributed by atoms with Crippen LogP contribution in [0.2, 0.25) is 0 Å². The molecule has 0 aromatic heterocycles. The van der Waals surface area contributed by atoms with Crippen LogP contribution in [0.15, 0.2) is 29.3 Å². The number of halogens is 2. The molecule has 1 aromatic carbocycles. The van der Waals surface area contributed by atoms with Crippen LogP contribution in [0, 0.1) is 5.82 Å². The Kier molecular flexibility index (Phi) is 10.3. The average molecular weight is 463 g/mol. The van der Waals surface area contributed by atoms with E-state index in [1.54, 1.807) is 19.2 Å². The molecule has 1 saturated heterocycles. The zero-order chi connectivity index (χ0) is 17.4. The Balaban J connectivity index is 0.00000312. The smallest absolute Gasteiger partial charge is 0.191 e. The van der Waals surface area contributed by atoms with E-state index >= 15 is 0 Å². The molecule has 0 aliphatic carbocycles. The Hall–Kier alpha value is -0.930. The van der Waals surface area contributed by atoms with Crippen molar-refractivity contribution in [2.24, 2.45) is 4.99 Å². The molecule has 1 aliphatic rings. The maximum absolute atomic E-state index is 12.9. The van der Waals surface area contributed by atoms with Gasteiger partial charge in [-0.15, -0.1) is 24.0 Å². The maximum Gasteiger partial charge on any atom is 0.191 e. The molecule has 0 radical (unpaired) electrons. The summed E-state index contributed by atoms with van der Waals surface area (Å²) in [6.07, 6.45) is 0. The summed E-state index contributed by atoms with van der Waals surface area (Å²) >= 11 is 0. The van der Waals surface area contributed by atoms with Gasteiger partial charge in [-0.1, -0.05) is 19.1 Å². The Morgan fingerprint density at radius 3 is 2.36 bits per heavy atom. The van der Waals surface area contributed by atoms with E-state index in [4.69, 9.17) is 0 Å². The maximum atomic E-state index is 12.9. The molecule has 2 rings (SSSR count). The van der Waals surface area contributed by atoms with Gasteiger partial charge in [0, 0.05) is 52.4 Å². The fourth-order valence-corrected chi connectivity index (χ4v) is 2.90. The minimum atomic E-state index is -0.210. The van der Waals surface area contributed by atoms with Gasteiger partial charge in [-0.25, -0.2) is 4.39 Å². The van der Waals surface area contributed by atoms with Crippen molar-refractivity contribution >= 4 is 29.9 Å². The molecule has 1 heterocycles. The average Bonchev–Trinajstić information content (AvgIpc) is 2.63. The lowest BCUT2D eigenvalue weighted by Gasteiger charge is -2.37. The van der Waals surface area contributed by atoms with Crippen molar-refractivity contribution < 1.29 is 4.39 Å². The van der Waals surface area contributed by atoms with Gasteiger partial charge in [0.05, 0.1) is 0 Å². The highest BCUT2D eigenvalue weighted by atomic mass is 127. The number of likely N-dealkylation sites (N-methyl/N-ethyl adjacent to an activating group) is 1. The van der Waals surface area contributed by atoms with Crippen molar-refractivity contribution in [3.8, 4) is 0 Å². The Labute approximate surface area is 168 Å². The molecule has 1 aliphatic heterocycles. The number of benzene rings is 1. The van der Waals surface area contributed by atoms with Gasteiger partial charge >= 0.3 is 0 Å². The van der Waals surface area contributed by atoms with Crippen LogP contribution in [-0.4, -0.2) is 68.1 Å². The van der Waals surface area contributed by atoms with Crippen LogP contribution in [-0.2, 0) is 6.54 Å². The van der Waals surface area contributed by atoms with Crippen LogP contribution in [0.5, 0.6) is 0 Å². The first-order valence-electron chi connectivity index (χ1n) is 8.77. The van der Waals surface area contributed by atoms with E-state index in [1.165, 1.54) is 12.1 Å². The number of aliphatic imine (C=N–C) groups is 1. The van der Waals surface area contributed by atoms with Crippen molar-refractivity contribution in [1.82, 2.24) is 20.4 Å². The predicted octanol–water partition coefficient (Wildman–Crippen LogP) is 2.13. The van der Waals surface area contributed by atoms with Crippen molar-refractivity contribution in [2.75, 3.05) is 46.3 Å². The highest BCUT2D eigenvalue weighted by Crippen LogP contribution is 2.05. The molecule has 0 amide bonds. The number of piperazine rings is 1. The largest absolute Gasteiger partial charge is 0.355 e. The van der Waals surface area contributed by atoms with Crippen molar-refractivity contribution in [3.05, 3.63) is 35.6 Å². The van der Waals surface area contributed by atoms with E-state index < -0.39 is 0 Å². The van der Waals surface area contributed by atoms with Crippen molar-refractivity contribution in [1.29, 1.82) is 0 Å². The number of nitrogens with zero attached hydrogens (tertiary/aromatic N) is 3. The van der Waals surface area contributed by atoms with Gasteiger partial charge < -0.3 is 15.5 Å². The fourth-order valence-electron chi connectivity index (χ4n) is 2.90. The predicted molar refractivity (Wildman–Crippen MR) is 113 cm³/mol. The Bertz CT molecular complexity index is 515. The van der Waals surface area contributed by atoms with E-state index in [0.29, 0.717) is 12.6 Å². The summed E-state index contributed by atoms with van der Waals surface area (Å²) in [5.74, 6) is 0.566. The molecule has 1 unspecified atom stereocenters. The van der Waals surface area contributed by atoms with E-state index in [9.17, 15) is 4.39 Å². The molecule has 0 saturated carbocycles. The minimum absolute atomic E-state index is 0. The van der Waals surface area contributed by atoms with Crippen LogP contribution in [0.3, 0.4) is 0 Å². The van der Waals surface area contributed by atoms with E-state index in [-0.39, 0.29) is 29.8 Å². The molecule has 25 heavy (non-hydrogen) atoms. The zero-order valence-electron chi connectivity index (χ0n) is 15.5. The van der Waals surface area contributed by atoms with Crippen LogP contribution < -0.4 is 10.6 Å². The second kappa shape index (κ2) is 11.6. The van der Waals surface area contributed by atoms with Gasteiger partial charge in [0.25, 0.3) is 0 Å². The van der Waals surface area contributed by atoms with Crippen LogP contribution in [0.25, 0.3) is 0 Å². The number of rotatable bonds is 6. The van der Waals surface area contributed by atoms with Crippen LogP contribution in [0.4, 0.5) is 4.39 Å². The number of hydrogen-bond donors (Lipinski definition) is 2. The number of guanidine groups is 1. The third-order valence-electron chi connectivity index (χ3n) is 4.64. The van der Waals surface area contributed by atoms with Crippen molar-refractivity contribution in [3.63, 3.8) is 0 Å². The molecular weight excluding hydrogens is 432 g/mol. The van der Waals surface area contributed by atoms with E-state index in [1.807, 2.05) is 0 Å². The molecule has 0 spiro atoms. The summed E-state index contributed by atoms with van der Waals surface area (Å²) in [7, 11) is 1.77. The molecule has 0 bridgehead atoms. The van der Waals surface area contributed by atoms with Gasteiger partial charge in [0.1, 0.15) is 5.82 Å². The summed E-state index contributed by atoms with van der Waals surface area (Å²) in [4.78, 5) is 9.26. The summed E-state index contributed by atoms with van der Waals surface area (Å²) in [6, 6.07) is 6.99. The molecular formula is C18H31FIN5. The topological polar surface area (TPSA) is 42.9 Å². The molecule has 142 valence electrons. The molecule has 5 nitrogen and oxygen atoms in total. The molecule has 2 N–H and O–H groups in total. The highest BCUT2D eigenvalue weighted by molar-refractivity contribution is 14.0. The lowest BCUT2D eigenvalue weighted by molar-refractivity contribution is 0.107. The van der Waals surface area contributed by atoms with E-state index in [0.717, 1.165) is 50.8 Å². The van der Waals surface area contributed by atoms with Crippen LogP contribution in [0.1, 0.15) is 19.4 Å². The number of nitrogens with one attached hydrogen (secondary N) is 2. The third kappa shape index (κ3) is 7.45. The van der Waals surface area contributed by atoms with E-state index in [2.05, 4.69) is 39.3 Å². The Morgan fingerprint density at radius 1 is 1.16 bits per heavy atom. The van der Waals surface area contributed by atoms with Gasteiger partial charge in [0.2, 0.25) is 0 Å². The second-order valence-electron chi connectivity index (χ2n) is 6.25. The van der Waals surface area contributed by atoms with Gasteiger partial charge in [0.15, 0.2) is 5.96 Å². The normalized spacial score (nSPS) is 17.7. The first kappa shape index (κ1) is 22.1. The zero-order valence-corrected chi connectivity index (χ0v) is 17.8. The quantitative estimate of drug-likeness (QED) is 0.386. The highest BCUT2D eigenvalue weighted by Gasteiger charge is 2.20. The van der Waals surface area contributed by atoms with Gasteiger partial charge in [-0.05, 0) is 31.2 Å². The molecule has 1 atom stereocenters. The first-order chi connectivity index (χ1) is 11.6. The number of hydrogen-bond acceptors (Lipinski definition) is 3. The SMILES string of the molecule is CCN1CCN(C(C)CNC(=NC)NCc2ccc(F)cc2)CC1.I. The summed E-state index contributed by atoms with van der Waals surface area (Å²) in [6.45, 7) is 11.6. The lowest BCUT2D eigenvalue weighted by atomic mass is 10.2. The minimum Gasteiger partial charge on any atom is -0.355 e. The molecule has 7 heteroatoms. The standard InChI is InChI=1S/C18H30FN5.HI/c1-4-23-9-11-24(12-10-23)15(2)13-21-18(20-3)22-14-16-5-7-17(19)8-6-16;/h5-8,15H,4,9-14H2,1-3H3,(H2,20,21,22);1H. The molecule has 1 fully saturated rings. The monoisotopic (exact) mass is 463 g/mol. The van der Waals surface area contributed by atoms with Gasteiger partial charge in [-0.3, -0.25) is 9.89 Å². The molecule has 1 aromatic rings.